The van der Waals surface area contributed by atoms with E-state index >= 15 is 0 Å². The summed E-state index contributed by atoms with van der Waals surface area (Å²) in [6, 6.07) is 7.76. The van der Waals surface area contributed by atoms with Gasteiger partial charge in [0.05, 0.1) is 10.2 Å². The summed E-state index contributed by atoms with van der Waals surface area (Å²) in [4.78, 5) is 0. The number of halogens is 3. The fraction of sp³-hybridized carbons (Fsp3) is 0.200. The number of ether oxygens (including phenoxy) is 2. The lowest BCUT2D eigenvalue weighted by Crippen LogP contribution is -2.15. The van der Waals surface area contributed by atoms with Crippen molar-refractivity contribution in [2.24, 2.45) is 0 Å². The van der Waals surface area contributed by atoms with E-state index in [4.69, 9.17) is 9.47 Å². The molecule has 0 atom stereocenters. The highest BCUT2D eigenvalue weighted by Crippen LogP contribution is 2.31. The predicted molar refractivity (Wildman–Crippen MR) is 78.8 cm³/mol. The number of nitrogens with one attached hydrogen (secondary N) is 1. The summed E-state index contributed by atoms with van der Waals surface area (Å²) in [6.45, 7) is 1.45. The summed E-state index contributed by atoms with van der Waals surface area (Å²) in [6.07, 6.45) is 0. The van der Waals surface area contributed by atoms with Gasteiger partial charge in [-0.3, -0.25) is 0 Å². The molecule has 0 fully saturated rings. The zero-order valence-corrected chi connectivity index (χ0v) is 12.5. The number of rotatable bonds is 3. The molecular weight excluding hydrogens is 344 g/mol. The van der Waals surface area contributed by atoms with Crippen LogP contribution < -0.4 is 14.8 Å². The molecule has 0 bridgehead atoms. The average molecular weight is 356 g/mol. The van der Waals surface area contributed by atoms with E-state index in [2.05, 4.69) is 21.2 Å². The zero-order valence-electron chi connectivity index (χ0n) is 11.0. The highest BCUT2D eigenvalue weighted by atomic mass is 79.9. The van der Waals surface area contributed by atoms with Gasteiger partial charge in [-0.15, -0.1) is 0 Å². The van der Waals surface area contributed by atoms with Gasteiger partial charge in [0, 0.05) is 12.6 Å². The van der Waals surface area contributed by atoms with Crippen LogP contribution in [0.1, 0.15) is 5.56 Å². The van der Waals surface area contributed by atoms with E-state index < -0.39 is 11.6 Å². The Kier molecular flexibility index (Phi) is 3.96. The van der Waals surface area contributed by atoms with E-state index in [0.29, 0.717) is 31.3 Å². The monoisotopic (exact) mass is 355 g/mol. The van der Waals surface area contributed by atoms with Crippen molar-refractivity contribution in [3.05, 3.63) is 52.0 Å². The second-order valence-corrected chi connectivity index (χ2v) is 5.43. The molecule has 0 saturated heterocycles. The summed E-state index contributed by atoms with van der Waals surface area (Å²) in [5.41, 5.74) is 1.15. The molecule has 2 aromatic carbocycles. The second-order valence-electron chi connectivity index (χ2n) is 4.58. The quantitative estimate of drug-likeness (QED) is 0.840. The molecule has 0 radical (unpaired) electrons. The van der Waals surface area contributed by atoms with Crippen molar-refractivity contribution in [3.8, 4) is 11.5 Å². The highest BCUT2D eigenvalue weighted by Gasteiger charge is 2.12. The summed E-state index contributed by atoms with van der Waals surface area (Å²) >= 11 is 3.04. The van der Waals surface area contributed by atoms with Crippen LogP contribution in [-0.2, 0) is 6.54 Å². The molecule has 1 N–H and O–H groups in total. The minimum Gasteiger partial charge on any atom is -0.486 e. The molecule has 1 aliphatic rings. The van der Waals surface area contributed by atoms with Gasteiger partial charge < -0.3 is 14.8 Å². The van der Waals surface area contributed by atoms with Crippen LogP contribution in [0, 0.1) is 11.6 Å². The van der Waals surface area contributed by atoms with Crippen molar-refractivity contribution in [2.75, 3.05) is 18.5 Å². The maximum absolute atomic E-state index is 13.6. The van der Waals surface area contributed by atoms with Gasteiger partial charge in [0.2, 0.25) is 0 Å². The van der Waals surface area contributed by atoms with Gasteiger partial charge in [0.25, 0.3) is 0 Å². The van der Waals surface area contributed by atoms with Crippen LogP contribution in [0.4, 0.5) is 14.5 Å². The maximum Gasteiger partial charge on any atom is 0.161 e. The SMILES string of the molecule is Fc1cc(F)c(NCc2ccc3c(c2)OCCO3)cc1Br. The molecule has 0 amide bonds. The van der Waals surface area contributed by atoms with E-state index in [1.54, 1.807) is 0 Å². The molecule has 0 saturated carbocycles. The zero-order chi connectivity index (χ0) is 14.8. The van der Waals surface area contributed by atoms with Crippen LogP contribution in [-0.4, -0.2) is 13.2 Å². The van der Waals surface area contributed by atoms with Crippen molar-refractivity contribution in [3.63, 3.8) is 0 Å². The Hall–Kier alpha value is -1.82. The normalized spacial score (nSPS) is 13.1. The first-order valence-corrected chi connectivity index (χ1v) is 7.20. The van der Waals surface area contributed by atoms with E-state index in [0.717, 1.165) is 11.6 Å². The highest BCUT2D eigenvalue weighted by molar-refractivity contribution is 9.10. The Morgan fingerprint density at radius 2 is 1.76 bits per heavy atom. The van der Waals surface area contributed by atoms with Crippen LogP contribution in [0.5, 0.6) is 11.5 Å². The summed E-state index contributed by atoms with van der Waals surface area (Å²) < 4.78 is 37.9. The summed E-state index contributed by atoms with van der Waals surface area (Å²) in [5, 5.41) is 2.94. The van der Waals surface area contributed by atoms with Crippen molar-refractivity contribution >= 4 is 21.6 Å². The lowest BCUT2D eigenvalue weighted by molar-refractivity contribution is 0.171. The lowest BCUT2D eigenvalue weighted by Gasteiger charge is -2.19. The van der Waals surface area contributed by atoms with Gasteiger partial charge in [0.15, 0.2) is 11.5 Å². The molecule has 3 rings (SSSR count). The van der Waals surface area contributed by atoms with Crippen molar-refractivity contribution in [1.82, 2.24) is 0 Å². The Balaban J connectivity index is 1.74. The predicted octanol–water partition coefficient (Wildman–Crippen LogP) is 4.11. The third-order valence-electron chi connectivity index (χ3n) is 3.10. The van der Waals surface area contributed by atoms with Gasteiger partial charge in [0.1, 0.15) is 24.8 Å². The third kappa shape index (κ3) is 3.10. The van der Waals surface area contributed by atoms with Crippen LogP contribution in [0.3, 0.4) is 0 Å². The van der Waals surface area contributed by atoms with E-state index in [1.165, 1.54) is 6.07 Å². The van der Waals surface area contributed by atoms with E-state index in [9.17, 15) is 8.78 Å². The Bertz CT molecular complexity index is 679. The Morgan fingerprint density at radius 3 is 2.57 bits per heavy atom. The molecule has 0 unspecified atom stereocenters. The van der Waals surface area contributed by atoms with Crippen LogP contribution in [0.25, 0.3) is 0 Å². The second kappa shape index (κ2) is 5.89. The molecule has 1 heterocycles. The van der Waals surface area contributed by atoms with Crippen LogP contribution >= 0.6 is 15.9 Å². The lowest BCUT2D eigenvalue weighted by atomic mass is 10.2. The number of hydrogen-bond donors (Lipinski definition) is 1. The number of fused-ring (bicyclic) bond motifs is 1. The molecule has 3 nitrogen and oxygen atoms in total. The average Bonchev–Trinajstić information content (AvgIpc) is 2.49. The van der Waals surface area contributed by atoms with Crippen molar-refractivity contribution < 1.29 is 18.3 Å². The van der Waals surface area contributed by atoms with Gasteiger partial charge >= 0.3 is 0 Å². The first-order valence-electron chi connectivity index (χ1n) is 6.40. The van der Waals surface area contributed by atoms with Gasteiger partial charge in [-0.05, 0) is 39.7 Å². The Morgan fingerprint density at radius 1 is 1.00 bits per heavy atom. The topological polar surface area (TPSA) is 30.5 Å². The Labute approximate surface area is 129 Å². The molecule has 0 spiro atoms. The number of hydrogen-bond acceptors (Lipinski definition) is 3. The van der Waals surface area contributed by atoms with E-state index in [1.807, 2.05) is 18.2 Å². The molecule has 2 aromatic rings. The molecule has 21 heavy (non-hydrogen) atoms. The van der Waals surface area contributed by atoms with Gasteiger partial charge in [-0.1, -0.05) is 6.07 Å². The smallest absolute Gasteiger partial charge is 0.161 e. The third-order valence-corrected chi connectivity index (χ3v) is 3.71. The van der Waals surface area contributed by atoms with Crippen LogP contribution in [0.15, 0.2) is 34.8 Å². The fourth-order valence-electron chi connectivity index (χ4n) is 2.05. The first-order chi connectivity index (χ1) is 10.1. The van der Waals surface area contributed by atoms with Crippen LogP contribution in [0.2, 0.25) is 0 Å². The molecule has 0 aromatic heterocycles. The molecule has 0 aliphatic carbocycles. The van der Waals surface area contributed by atoms with Crippen molar-refractivity contribution in [2.45, 2.75) is 6.54 Å². The minimum absolute atomic E-state index is 0.216. The summed E-state index contributed by atoms with van der Waals surface area (Å²) in [5.74, 6) is 0.132. The maximum atomic E-state index is 13.6. The molecule has 1 aliphatic heterocycles. The molecule has 110 valence electrons. The largest absolute Gasteiger partial charge is 0.486 e. The number of benzene rings is 2. The fourth-order valence-corrected chi connectivity index (χ4v) is 2.40. The van der Waals surface area contributed by atoms with Gasteiger partial charge in [-0.2, -0.15) is 0 Å². The number of anilines is 1. The summed E-state index contributed by atoms with van der Waals surface area (Å²) in [7, 11) is 0. The minimum atomic E-state index is -0.631. The molecule has 6 heteroatoms. The van der Waals surface area contributed by atoms with Gasteiger partial charge in [-0.25, -0.2) is 8.78 Å². The molecular formula is C15H12BrF2NO2. The standard InChI is InChI=1S/C15H12BrF2NO2/c16-10-6-13(12(18)7-11(10)17)19-8-9-1-2-14-15(5-9)21-4-3-20-14/h1-2,5-7,19H,3-4,8H2. The van der Waals surface area contributed by atoms with Crippen molar-refractivity contribution in [1.29, 1.82) is 0 Å². The first kappa shape index (κ1) is 14.1. The van der Waals surface area contributed by atoms with E-state index in [-0.39, 0.29) is 10.2 Å².